The fraction of sp³-hybridized carbons (Fsp3) is 0.400. The van der Waals surface area contributed by atoms with Gasteiger partial charge < -0.3 is 15.2 Å². The molecule has 3 aromatic rings. The number of benzene rings is 2. The van der Waals surface area contributed by atoms with Crippen LogP contribution in [0.4, 0.5) is 4.39 Å². The Bertz CT molecular complexity index is 974. The van der Waals surface area contributed by atoms with Crippen molar-refractivity contribution in [3.05, 3.63) is 60.5 Å². The number of rotatable bonds is 8. The van der Waals surface area contributed by atoms with E-state index in [1.807, 2.05) is 29.0 Å². The van der Waals surface area contributed by atoms with Crippen LogP contribution in [0.5, 0.6) is 0 Å². The molecule has 0 atom stereocenters. The first kappa shape index (κ1) is 20.6. The van der Waals surface area contributed by atoms with E-state index in [0.29, 0.717) is 13.1 Å². The number of carbonyl (C=O) groups excluding carboxylic acids is 1. The van der Waals surface area contributed by atoms with E-state index in [2.05, 4.69) is 16.7 Å². The molecule has 0 spiro atoms. The van der Waals surface area contributed by atoms with Crippen LogP contribution >= 0.6 is 0 Å². The third kappa shape index (κ3) is 5.28. The molecule has 1 aliphatic carbocycles. The predicted molar refractivity (Wildman–Crippen MR) is 120 cm³/mol. The quantitative estimate of drug-likeness (QED) is 0.530. The fourth-order valence-electron chi connectivity index (χ4n) is 4.34. The zero-order valence-corrected chi connectivity index (χ0v) is 17.4. The molecule has 4 rings (SSSR count). The van der Waals surface area contributed by atoms with E-state index in [9.17, 15) is 9.18 Å². The van der Waals surface area contributed by atoms with Gasteiger partial charge in [-0.15, -0.1) is 0 Å². The number of fused-ring (bicyclic) bond motifs is 1. The van der Waals surface area contributed by atoms with Gasteiger partial charge in [0.2, 0.25) is 5.91 Å². The third-order valence-electron chi connectivity index (χ3n) is 6.05. The maximum absolute atomic E-state index is 13.2. The van der Waals surface area contributed by atoms with Crippen LogP contribution in [0, 0.1) is 11.7 Å². The summed E-state index contributed by atoms with van der Waals surface area (Å²) in [7, 11) is 0. The van der Waals surface area contributed by atoms with E-state index in [0.717, 1.165) is 41.0 Å². The van der Waals surface area contributed by atoms with Crippen molar-refractivity contribution in [2.45, 2.75) is 38.6 Å². The van der Waals surface area contributed by atoms with Gasteiger partial charge in [0.1, 0.15) is 12.4 Å². The fourth-order valence-corrected chi connectivity index (χ4v) is 4.34. The summed E-state index contributed by atoms with van der Waals surface area (Å²) in [5.74, 6) is 0.572. The molecule has 1 fully saturated rings. The molecular weight excluding hydrogens is 377 g/mol. The monoisotopic (exact) mass is 407 g/mol. The van der Waals surface area contributed by atoms with Crippen molar-refractivity contribution in [2.24, 2.45) is 5.92 Å². The topological polar surface area (TPSA) is 46.1 Å². The van der Waals surface area contributed by atoms with Gasteiger partial charge in [0.05, 0.1) is 0 Å². The maximum atomic E-state index is 13.2. The lowest BCUT2D eigenvalue weighted by Crippen LogP contribution is -2.35. The average Bonchev–Trinajstić information content (AvgIpc) is 3.16. The zero-order valence-electron chi connectivity index (χ0n) is 17.4. The highest BCUT2D eigenvalue weighted by atomic mass is 19.1. The van der Waals surface area contributed by atoms with Gasteiger partial charge in [0.15, 0.2) is 0 Å². The molecule has 0 radical (unpaired) electrons. The molecule has 0 saturated heterocycles. The highest BCUT2D eigenvalue weighted by Gasteiger charge is 2.12. The average molecular weight is 408 g/mol. The van der Waals surface area contributed by atoms with Crippen molar-refractivity contribution >= 4 is 16.8 Å². The van der Waals surface area contributed by atoms with Crippen molar-refractivity contribution in [2.75, 3.05) is 19.6 Å². The van der Waals surface area contributed by atoms with Gasteiger partial charge in [-0.25, -0.2) is 4.39 Å². The molecule has 2 aromatic carbocycles. The molecule has 1 amide bonds. The Labute approximate surface area is 177 Å². The van der Waals surface area contributed by atoms with Crippen LogP contribution in [0.25, 0.3) is 22.0 Å². The molecule has 1 heterocycles. The third-order valence-corrected chi connectivity index (χ3v) is 6.05. The van der Waals surface area contributed by atoms with E-state index in [-0.39, 0.29) is 11.7 Å². The van der Waals surface area contributed by atoms with Gasteiger partial charge in [0, 0.05) is 24.8 Å². The molecule has 1 aromatic heterocycles. The Morgan fingerprint density at radius 1 is 0.967 bits per heavy atom. The normalized spacial score (nSPS) is 14.8. The predicted octanol–water partition coefficient (Wildman–Crippen LogP) is 4.73. The largest absolute Gasteiger partial charge is 0.353 e. The first-order valence-corrected chi connectivity index (χ1v) is 11.0. The van der Waals surface area contributed by atoms with Crippen LogP contribution in [0.3, 0.4) is 0 Å². The second-order valence-electron chi connectivity index (χ2n) is 8.28. The molecule has 0 bridgehead atoms. The Hall–Kier alpha value is -2.66. The molecular formula is C25H30FN3O. The minimum atomic E-state index is -0.242. The first-order valence-electron chi connectivity index (χ1n) is 11.0. The highest BCUT2D eigenvalue weighted by Crippen LogP contribution is 2.25. The summed E-state index contributed by atoms with van der Waals surface area (Å²) in [4.78, 5) is 12.4. The number of halogens is 1. The minimum absolute atomic E-state index is 0.0131. The Kier molecular flexibility index (Phi) is 6.80. The van der Waals surface area contributed by atoms with Crippen LogP contribution in [-0.4, -0.2) is 30.1 Å². The SMILES string of the molecule is O=C(Cn1ccc2ccc(-c3ccc(F)cc3)cc21)NCCNCC1CCCCC1. The van der Waals surface area contributed by atoms with Crippen LogP contribution in [0.15, 0.2) is 54.7 Å². The van der Waals surface area contributed by atoms with Crippen molar-refractivity contribution in [3.63, 3.8) is 0 Å². The number of nitrogens with one attached hydrogen (secondary N) is 2. The number of hydrogen-bond acceptors (Lipinski definition) is 2. The van der Waals surface area contributed by atoms with Crippen molar-refractivity contribution < 1.29 is 9.18 Å². The first-order chi connectivity index (χ1) is 14.7. The van der Waals surface area contributed by atoms with Crippen molar-refractivity contribution in [3.8, 4) is 11.1 Å². The van der Waals surface area contributed by atoms with Crippen molar-refractivity contribution in [1.82, 2.24) is 15.2 Å². The molecule has 30 heavy (non-hydrogen) atoms. The lowest BCUT2D eigenvalue weighted by Gasteiger charge is -2.21. The smallest absolute Gasteiger partial charge is 0.239 e. The van der Waals surface area contributed by atoms with E-state index < -0.39 is 0 Å². The number of aromatic nitrogens is 1. The Morgan fingerprint density at radius 2 is 1.73 bits per heavy atom. The second kappa shape index (κ2) is 9.90. The van der Waals surface area contributed by atoms with Gasteiger partial charge in [-0.3, -0.25) is 4.79 Å². The molecule has 0 unspecified atom stereocenters. The summed E-state index contributed by atoms with van der Waals surface area (Å²) in [5.41, 5.74) is 2.97. The summed E-state index contributed by atoms with van der Waals surface area (Å²) >= 11 is 0. The molecule has 1 saturated carbocycles. The summed E-state index contributed by atoms with van der Waals surface area (Å²) in [6.07, 6.45) is 8.71. The van der Waals surface area contributed by atoms with Gasteiger partial charge in [-0.05, 0) is 66.1 Å². The molecule has 4 nitrogen and oxygen atoms in total. The number of carbonyl (C=O) groups is 1. The standard InChI is InChI=1S/C25H30FN3O/c26-23-10-8-20(9-11-23)22-7-6-21-12-15-29(24(21)16-22)18-25(30)28-14-13-27-17-19-4-2-1-3-5-19/h6-12,15-16,19,27H,1-5,13-14,17-18H2,(H,28,30). The Morgan fingerprint density at radius 3 is 2.53 bits per heavy atom. The van der Waals surface area contributed by atoms with E-state index in [4.69, 9.17) is 0 Å². The molecule has 0 aliphatic heterocycles. The zero-order chi connectivity index (χ0) is 20.8. The maximum Gasteiger partial charge on any atom is 0.239 e. The summed E-state index contributed by atoms with van der Waals surface area (Å²) in [6.45, 7) is 2.80. The summed E-state index contributed by atoms with van der Waals surface area (Å²) < 4.78 is 15.2. The van der Waals surface area contributed by atoms with Crippen LogP contribution in [0.1, 0.15) is 32.1 Å². The number of nitrogens with zero attached hydrogens (tertiary/aromatic N) is 1. The molecule has 5 heteroatoms. The van der Waals surface area contributed by atoms with E-state index >= 15 is 0 Å². The number of amides is 1. The van der Waals surface area contributed by atoms with E-state index in [1.54, 1.807) is 12.1 Å². The van der Waals surface area contributed by atoms with Gasteiger partial charge in [-0.2, -0.15) is 0 Å². The second-order valence-corrected chi connectivity index (χ2v) is 8.28. The van der Waals surface area contributed by atoms with Crippen LogP contribution in [0.2, 0.25) is 0 Å². The van der Waals surface area contributed by atoms with E-state index in [1.165, 1.54) is 44.2 Å². The molecule has 1 aliphatic rings. The highest BCUT2D eigenvalue weighted by molar-refractivity contribution is 5.87. The van der Waals surface area contributed by atoms with Crippen molar-refractivity contribution in [1.29, 1.82) is 0 Å². The number of hydrogen-bond donors (Lipinski definition) is 2. The summed E-state index contributed by atoms with van der Waals surface area (Å²) in [6, 6.07) is 14.6. The minimum Gasteiger partial charge on any atom is -0.353 e. The van der Waals surface area contributed by atoms with Gasteiger partial charge >= 0.3 is 0 Å². The summed E-state index contributed by atoms with van der Waals surface area (Å²) in [5, 5.41) is 7.58. The van der Waals surface area contributed by atoms with Gasteiger partial charge in [0.25, 0.3) is 0 Å². The van der Waals surface area contributed by atoms with Crippen LogP contribution in [-0.2, 0) is 11.3 Å². The van der Waals surface area contributed by atoms with Gasteiger partial charge in [-0.1, -0.05) is 43.5 Å². The molecule has 158 valence electrons. The molecule has 2 N–H and O–H groups in total. The Balaban J connectivity index is 1.30. The lowest BCUT2D eigenvalue weighted by molar-refractivity contribution is -0.121. The lowest BCUT2D eigenvalue weighted by atomic mass is 9.89. The van der Waals surface area contributed by atoms with Crippen LogP contribution < -0.4 is 10.6 Å².